The highest BCUT2D eigenvalue weighted by molar-refractivity contribution is 7.99. The second-order valence-corrected chi connectivity index (χ2v) is 3.89. The van der Waals surface area contributed by atoms with Crippen LogP contribution in [0.2, 0.25) is 0 Å². The van der Waals surface area contributed by atoms with Crippen molar-refractivity contribution in [2.75, 3.05) is 18.1 Å². The summed E-state index contributed by atoms with van der Waals surface area (Å²) < 4.78 is 5.03. The summed E-state index contributed by atoms with van der Waals surface area (Å²) >= 11 is 1.84. The molecule has 0 bridgehead atoms. The summed E-state index contributed by atoms with van der Waals surface area (Å²) in [6.45, 7) is 5.83. The van der Waals surface area contributed by atoms with E-state index >= 15 is 0 Å². The van der Waals surface area contributed by atoms with Crippen LogP contribution in [0.25, 0.3) is 0 Å². The highest BCUT2D eigenvalue weighted by Gasteiger charge is 1.92. The Kier molecular flexibility index (Phi) is 6.96. The van der Waals surface area contributed by atoms with Gasteiger partial charge >= 0.3 is 0 Å². The van der Waals surface area contributed by atoms with Crippen molar-refractivity contribution in [1.82, 2.24) is 0 Å². The lowest BCUT2D eigenvalue weighted by Gasteiger charge is -2.00. The van der Waals surface area contributed by atoms with Crippen LogP contribution in [0.4, 0.5) is 0 Å². The van der Waals surface area contributed by atoms with Gasteiger partial charge in [0.15, 0.2) is 5.78 Å². The minimum absolute atomic E-state index is 0.0576. The smallest absolute Gasteiger partial charge is 0.167 e. The first-order chi connectivity index (χ1) is 5.66. The van der Waals surface area contributed by atoms with Gasteiger partial charge < -0.3 is 4.74 Å². The summed E-state index contributed by atoms with van der Waals surface area (Å²) in [4.78, 5) is 10.5. The predicted molar refractivity (Wildman–Crippen MR) is 53.4 cm³/mol. The molecule has 0 radical (unpaired) electrons. The molecule has 0 N–H and O–H groups in total. The molecular weight excluding hydrogens is 172 g/mol. The van der Waals surface area contributed by atoms with Crippen molar-refractivity contribution in [1.29, 1.82) is 0 Å². The van der Waals surface area contributed by atoms with Gasteiger partial charge in [-0.15, -0.1) is 0 Å². The average molecular weight is 188 g/mol. The van der Waals surface area contributed by atoms with Gasteiger partial charge in [-0.25, -0.2) is 0 Å². The molecule has 0 saturated heterocycles. The summed E-state index contributed by atoms with van der Waals surface area (Å²) in [6.07, 6.45) is 1.67. The minimum Gasteiger partial charge on any atom is -0.493 e. The number of carbonyl (C=O) groups excluding carboxylic acids is 1. The van der Waals surface area contributed by atoms with E-state index in [1.54, 1.807) is 6.26 Å². The molecule has 0 heterocycles. The highest BCUT2D eigenvalue weighted by atomic mass is 32.2. The van der Waals surface area contributed by atoms with Gasteiger partial charge in [0.05, 0.1) is 6.26 Å². The van der Waals surface area contributed by atoms with Crippen LogP contribution < -0.4 is 0 Å². The molecule has 3 heteroatoms. The van der Waals surface area contributed by atoms with E-state index in [1.165, 1.54) is 12.5 Å². The van der Waals surface area contributed by atoms with Gasteiger partial charge in [0.25, 0.3) is 0 Å². The molecule has 2 nitrogen and oxygen atoms in total. The first kappa shape index (κ1) is 11.6. The molecule has 70 valence electrons. The Morgan fingerprint density at radius 3 is 2.67 bits per heavy atom. The monoisotopic (exact) mass is 188 g/mol. The highest BCUT2D eigenvalue weighted by Crippen LogP contribution is 2.05. The van der Waals surface area contributed by atoms with Crippen molar-refractivity contribution in [3.8, 4) is 0 Å². The third-order valence-electron chi connectivity index (χ3n) is 1.10. The van der Waals surface area contributed by atoms with E-state index in [2.05, 4.69) is 6.92 Å². The van der Waals surface area contributed by atoms with Crippen molar-refractivity contribution >= 4 is 17.5 Å². The summed E-state index contributed by atoms with van der Waals surface area (Å²) in [6, 6.07) is 0. The topological polar surface area (TPSA) is 26.3 Å². The lowest BCUT2D eigenvalue weighted by molar-refractivity contribution is -0.119. The molecule has 0 unspecified atom stereocenters. The van der Waals surface area contributed by atoms with E-state index in [9.17, 15) is 4.79 Å². The fourth-order valence-electron chi connectivity index (χ4n) is 0.598. The number of Topliss-reactive ketones (excluding diaryl/α,β-unsaturated/α-hetero) is 1. The van der Waals surface area contributed by atoms with Crippen molar-refractivity contribution < 1.29 is 9.53 Å². The van der Waals surface area contributed by atoms with Crippen LogP contribution in [0.3, 0.4) is 0 Å². The van der Waals surface area contributed by atoms with Crippen LogP contribution in [0.5, 0.6) is 0 Å². The number of hydrogen-bond acceptors (Lipinski definition) is 3. The quantitative estimate of drug-likeness (QED) is 0.598. The second-order valence-electron chi connectivity index (χ2n) is 2.61. The van der Waals surface area contributed by atoms with Crippen molar-refractivity contribution in [3.63, 3.8) is 0 Å². The van der Waals surface area contributed by atoms with Crippen LogP contribution in [0.15, 0.2) is 11.8 Å². The molecule has 0 aliphatic rings. The van der Waals surface area contributed by atoms with Gasteiger partial charge in [-0.05, 0) is 25.2 Å². The maximum atomic E-state index is 10.5. The average Bonchev–Trinajstić information content (AvgIpc) is 2.00. The second kappa shape index (κ2) is 7.22. The van der Waals surface area contributed by atoms with Gasteiger partial charge in [0.2, 0.25) is 0 Å². The summed E-state index contributed by atoms with van der Waals surface area (Å²) in [5.41, 5.74) is 1.17. The zero-order valence-electron chi connectivity index (χ0n) is 7.92. The van der Waals surface area contributed by atoms with E-state index in [0.717, 1.165) is 11.5 Å². The standard InChI is InChI=1S/C9H16O2S/c1-4-12-7-8(2)5-11-6-9(3)10/h5H,4,6-7H2,1-3H3/b8-5+. The number of hydrogen-bond donors (Lipinski definition) is 0. The van der Waals surface area contributed by atoms with E-state index < -0.39 is 0 Å². The predicted octanol–water partition coefficient (Wildman–Crippen LogP) is 2.25. The molecule has 0 rings (SSSR count). The van der Waals surface area contributed by atoms with Crippen LogP contribution in [0, 0.1) is 0 Å². The molecule has 0 atom stereocenters. The third-order valence-corrected chi connectivity index (χ3v) is 2.17. The SMILES string of the molecule is CCSC/C(C)=C/OCC(C)=O. The van der Waals surface area contributed by atoms with Crippen LogP contribution in [-0.4, -0.2) is 23.9 Å². The van der Waals surface area contributed by atoms with Crippen molar-refractivity contribution in [2.24, 2.45) is 0 Å². The van der Waals surface area contributed by atoms with Gasteiger partial charge in [-0.2, -0.15) is 11.8 Å². The van der Waals surface area contributed by atoms with E-state index in [0.29, 0.717) is 0 Å². The number of rotatable bonds is 6. The Labute approximate surface area is 78.4 Å². The Morgan fingerprint density at radius 2 is 2.17 bits per heavy atom. The largest absolute Gasteiger partial charge is 0.493 e. The lowest BCUT2D eigenvalue weighted by atomic mass is 10.4. The summed E-state index contributed by atoms with van der Waals surface area (Å²) in [5, 5.41) is 0. The lowest BCUT2D eigenvalue weighted by Crippen LogP contribution is -1.99. The fraction of sp³-hybridized carbons (Fsp3) is 0.667. The maximum absolute atomic E-state index is 10.5. The third kappa shape index (κ3) is 7.66. The van der Waals surface area contributed by atoms with Gasteiger partial charge in [-0.1, -0.05) is 6.92 Å². The van der Waals surface area contributed by atoms with Gasteiger partial charge in [0, 0.05) is 5.75 Å². The maximum Gasteiger partial charge on any atom is 0.167 e. The first-order valence-corrected chi connectivity index (χ1v) is 5.16. The van der Waals surface area contributed by atoms with E-state index in [4.69, 9.17) is 4.74 Å². The van der Waals surface area contributed by atoms with Crippen LogP contribution in [-0.2, 0) is 9.53 Å². The normalized spacial score (nSPS) is 11.4. The zero-order valence-corrected chi connectivity index (χ0v) is 8.74. The first-order valence-electron chi connectivity index (χ1n) is 4.01. The molecule has 0 aromatic carbocycles. The Balaban J connectivity index is 3.47. The van der Waals surface area contributed by atoms with Crippen LogP contribution in [0.1, 0.15) is 20.8 Å². The summed E-state index contributed by atoms with van der Waals surface area (Å²) in [7, 11) is 0. The minimum atomic E-state index is 0.0576. The fourth-order valence-corrected chi connectivity index (χ4v) is 1.19. The Morgan fingerprint density at radius 1 is 1.50 bits per heavy atom. The molecule has 0 aromatic heterocycles. The Hall–Kier alpha value is -0.440. The number of carbonyl (C=O) groups is 1. The van der Waals surface area contributed by atoms with Gasteiger partial charge in [0.1, 0.15) is 6.61 Å². The van der Waals surface area contributed by atoms with E-state index in [1.807, 2.05) is 18.7 Å². The summed E-state index contributed by atoms with van der Waals surface area (Å²) in [5.74, 6) is 2.15. The number of ether oxygens (including phenoxy) is 1. The molecule has 0 aliphatic carbocycles. The Bertz CT molecular complexity index is 164. The van der Waals surface area contributed by atoms with Gasteiger partial charge in [-0.3, -0.25) is 4.79 Å². The molecule has 0 saturated carbocycles. The molecule has 0 amide bonds. The molecule has 0 aromatic rings. The van der Waals surface area contributed by atoms with Crippen LogP contribution >= 0.6 is 11.8 Å². The molecule has 0 aliphatic heterocycles. The molecule has 12 heavy (non-hydrogen) atoms. The number of thioether (sulfide) groups is 1. The van der Waals surface area contributed by atoms with E-state index in [-0.39, 0.29) is 12.4 Å². The zero-order chi connectivity index (χ0) is 9.40. The van der Waals surface area contributed by atoms with Crippen molar-refractivity contribution in [2.45, 2.75) is 20.8 Å². The van der Waals surface area contributed by atoms with Crippen molar-refractivity contribution in [3.05, 3.63) is 11.8 Å². The number of ketones is 1. The molecule has 0 fully saturated rings. The molecular formula is C9H16O2S. The molecule has 0 spiro atoms.